The maximum atomic E-state index is 13.8. The van der Waals surface area contributed by atoms with Crippen molar-refractivity contribution in [2.24, 2.45) is 51.2 Å². The van der Waals surface area contributed by atoms with Gasteiger partial charge in [-0.3, -0.25) is 9.69 Å². The van der Waals surface area contributed by atoms with Gasteiger partial charge in [-0.05, 0) is 165 Å². The van der Waals surface area contributed by atoms with Gasteiger partial charge in [0.25, 0.3) is 0 Å². The van der Waals surface area contributed by atoms with Crippen molar-refractivity contribution in [3.8, 4) is 0 Å². The third-order valence-corrected chi connectivity index (χ3v) is 16.3. The van der Waals surface area contributed by atoms with E-state index in [1.807, 2.05) is 12.1 Å². The number of benzene rings is 1. The minimum Gasteiger partial charge on any atom is -0.478 e. The molecule has 1 aromatic rings. The second kappa shape index (κ2) is 11.8. The molecule has 1 aromatic carbocycles. The normalized spacial score (nSPS) is 42.0. The monoisotopic (exact) mass is 654 g/mol. The second-order valence-corrected chi connectivity index (χ2v) is 18.7. The van der Waals surface area contributed by atoms with Crippen LogP contribution in [0.25, 0.3) is 5.57 Å². The standard InChI is InChI=1S/C43H62N2O3/c1-28(2)31-17-22-43(44-36(46)27-45-25-9-8-10-26-45)24-23-41(6)33(37(31)43)15-16-35-40(5)20-18-32(29-11-13-30(14-12-29)38(47)48)39(3,4)34(40)19-21-42(35,41)7/h11-14,18,31,33-35,37H,1,8-10,15-17,19-27H2,2-7H3,(H,44,46)(H,47,48)/t31-,33+,34-,35+,37+,40-,41+,42+,43-/m0/s1. The lowest BCUT2D eigenvalue weighted by Crippen LogP contribution is -2.68. The summed E-state index contributed by atoms with van der Waals surface area (Å²) in [5.41, 5.74) is 4.85. The van der Waals surface area contributed by atoms with Gasteiger partial charge in [0.15, 0.2) is 0 Å². The van der Waals surface area contributed by atoms with Gasteiger partial charge in [0.05, 0.1) is 12.1 Å². The molecular weight excluding hydrogens is 592 g/mol. The van der Waals surface area contributed by atoms with Gasteiger partial charge >= 0.3 is 5.97 Å². The summed E-state index contributed by atoms with van der Waals surface area (Å²) < 4.78 is 0. The number of likely N-dealkylation sites (tertiary alicyclic amines) is 1. The van der Waals surface area contributed by atoms with Crippen LogP contribution in [0.4, 0.5) is 0 Å². The summed E-state index contributed by atoms with van der Waals surface area (Å²) in [6.45, 7) is 22.4. The summed E-state index contributed by atoms with van der Waals surface area (Å²) >= 11 is 0. The molecule has 0 aromatic heterocycles. The van der Waals surface area contributed by atoms with E-state index in [9.17, 15) is 14.7 Å². The number of aromatic carboxylic acids is 1. The molecule has 1 aliphatic heterocycles. The van der Waals surface area contributed by atoms with E-state index in [4.69, 9.17) is 0 Å². The second-order valence-electron chi connectivity index (χ2n) is 18.7. The Morgan fingerprint density at radius 2 is 1.58 bits per heavy atom. The van der Waals surface area contributed by atoms with Gasteiger partial charge < -0.3 is 10.4 Å². The van der Waals surface area contributed by atoms with Crippen molar-refractivity contribution in [1.29, 1.82) is 0 Å². The molecule has 2 N–H and O–H groups in total. The largest absolute Gasteiger partial charge is 0.478 e. The number of carbonyl (C=O) groups excluding carboxylic acids is 1. The minimum absolute atomic E-state index is 0.00762. The maximum absolute atomic E-state index is 13.8. The molecule has 4 saturated carbocycles. The molecule has 1 heterocycles. The molecule has 9 atom stereocenters. The lowest BCUT2D eigenvalue weighted by molar-refractivity contribution is -0.219. The maximum Gasteiger partial charge on any atom is 0.335 e. The van der Waals surface area contributed by atoms with Crippen LogP contribution in [0, 0.1) is 51.2 Å². The average molecular weight is 655 g/mol. The number of nitrogens with one attached hydrogen (secondary N) is 1. The van der Waals surface area contributed by atoms with E-state index in [0.29, 0.717) is 41.7 Å². The number of allylic oxidation sites excluding steroid dienone is 3. The van der Waals surface area contributed by atoms with E-state index in [0.717, 1.165) is 38.8 Å². The first-order chi connectivity index (χ1) is 22.7. The predicted octanol–water partition coefficient (Wildman–Crippen LogP) is 9.39. The molecule has 262 valence electrons. The molecule has 1 amide bonds. The fourth-order valence-corrected chi connectivity index (χ4v) is 13.9. The van der Waals surface area contributed by atoms with Gasteiger partial charge in [0.2, 0.25) is 5.91 Å². The Kier molecular flexibility index (Phi) is 8.41. The summed E-state index contributed by atoms with van der Waals surface area (Å²) in [5, 5.41) is 13.3. The highest BCUT2D eigenvalue weighted by atomic mass is 16.4. The topological polar surface area (TPSA) is 69.6 Å². The molecule has 5 fully saturated rings. The predicted molar refractivity (Wildman–Crippen MR) is 194 cm³/mol. The highest BCUT2D eigenvalue weighted by Crippen LogP contribution is 2.76. The number of carbonyl (C=O) groups is 2. The van der Waals surface area contributed by atoms with Crippen LogP contribution in [0.3, 0.4) is 0 Å². The quantitative estimate of drug-likeness (QED) is 0.300. The average Bonchev–Trinajstić information content (AvgIpc) is 3.41. The van der Waals surface area contributed by atoms with Crippen LogP contribution in [0.5, 0.6) is 0 Å². The summed E-state index contributed by atoms with van der Waals surface area (Å²) in [4.78, 5) is 27.7. The number of rotatable bonds is 6. The molecule has 0 bridgehead atoms. The van der Waals surface area contributed by atoms with E-state index >= 15 is 0 Å². The zero-order valence-corrected chi connectivity index (χ0v) is 30.8. The molecule has 0 unspecified atom stereocenters. The Balaban J connectivity index is 1.18. The number of hydrogen-bond acceptors (Lipinski definition) is 3. The molecule has 6 aliphatic rings. The van der Waals surface area contributed by atoms with Gasteiger partial charge in [-0.2, -0.15) is 0 Å². The van der Waals surface area contributed by atoms with Gasteiger partial charge in [-0.15, -0.1) is 0 Å². The molecule has 5 aliphatic carbocycles. The van der Waals surface area contributed by atoms with Crippen molar-refractivity contribution in [2.75, 3.05) is 19.6 Å². The summed E-state index contributed by atoms with van der Waals surface area (Å²) in [6.07, 6.45) is 16.9. The first kappa shape index (κ1) is 34.1. The Morgan fingerprint density at radius 3 is 2.25 bits per heavy atom. The third kappa shape index (κ3) is 5.02. The first-order valence-corrected chi connectivity index (χ1v) is 19.4. The molecule has 1 saturated heterocycles. The number of nitrogens with zero attached hydrogens (tertiary/aromatic N) is 1. The number of carboxylic acids is 1. The summed E-state index contributed by atoms with van der Waals surface area (Å²) in [6, 6.07) is 7.59. The van der Waals surface area contributed by atoms with E-state index in [2.05, 4.69) is 64.4 Å². The number of carboxylic acid groups (broad SMARTS) is 1. The van der Waals surface area contributed by atoms with Crippen molar-refractivity contribution >= 4 is 17.4 Å². The molecular formula is C43H62N2O3. The number of piperidine rings is 1. The summed E-state index contributed by atoms with van der Waals surface area (Å²) in [5.74, 6) is 2.19. The number of hydrogen-bond donors (Lipinski definition) is 2. The van der Waals surface area contributed by atoms with Crippen molar-refractivity contribution < 1.29 is 14.7 Å². The van der Waals surface area contributed by atoms with Crippen LogP contribution in [0.2, 0.25) is 0 Å². The van der Waals surface area contributed by atoms with E-state index in [-0.39, 0.29) is 33.1 Å². The van der Waals surface area contributed by atoms with Crippen LogP contribution in [0.15, 0.2) is 42.5 Å². The Hall–Kier alpha value is -2.40. The molecule has 7 rings (SSSR count). The Bertz CT molecular complexity index is 1490. The Labute approximate surface area is 290 Å². The van der Waals surface area contributed by atoms with Crippen LogP contribution in [-0.2, 0) is 4.79 Å². The van der Waals surface area contributed by atoms with Crippen LogP contribution < -0.4 is 5.32 Å². The lowest BCUT2D eigenvalue weighted by Gasteiger charge is -2.72. The van der Waals surface area contributed by atoms with Crippen molar-refractivity contribution in [3.05, 3.63) is 53.6 Å². The van der Waals surface area contributed by atoms with E-state index in [1.165, 1.54) is 68.1 Å². The van der Waals surface area contributed by atoms with Gasteiger partial charge in [0, 0.05) is 5.54 Å². The third-order valence-electron chi connectivity index (χ3n) is 16.3. The smallest absolute Gasteiger partial charge is 0.335 e. The Morgan fingerprint density at radius 1 is 0.875 bits per heavy atom. The zero-order valence-electron chi connectivity index (χ0n) is 30.8. The highest BCUT2D eigenvalue weighted by molar-refractivity contribution is 5.88. The van der Waals surface area contributed by atoms with E-state index < -0.39 is 5.97 Å². The molecule has 48 heavy (non-hydrogen) atoms. The molecule has 5 nitrogen and oxygen atoms in total. The van der Waals surface area contributed by atoms with Crippen LogP contribution in [0.1, 0.15) is 135 Å². The molecule has 0 radical (unpaired) electrons. The number of fused-ring (bicyclic) bond motifs is 7. The van der Waals surface area contributed by atoms with Crippen molar-refractivity contribution in [2.45, 2.75) is 124 Å². The van der Waals surface area contributed by atoms with Crippen molar-refractivity contribution in [3.63, 3.8) is 0 Å². The number of amides is 1. The zero-order chi connectivity index (χ0) is 34.3. The SMILES string of the molecule is C=C(C)[C@@H]1CC[C@]2(NC(=O)CN3CCCCC3)CC[C@]3(C)[C@H](CC[C@@H]4[C@@]5(C)CC=C(c6ccc(C(=O)O)cc6)C(C)(C)[C@@H]5CC[C@]43C)[C@@H]12. The van der Waals surface area contributed by atoms with Crippen LogP contribution in [-0.4, -0.2) is 47.1 Å². The van der Waals surface area contributed by atoms with Gasteiger partial charge in [0.1, 0.15) is 0 Å². The van der Waals surface area contributed by atoms with Crippen molar-refractivity contribution in [1.82, 2.24) is 10.2 Å². The fourth-order valence-electron chi connectivity index (χ4n) is 13.9. The fraction of sp³-hybridized carbons (Fsp3) is 0.721. The highest BCUT2D eigenvalue weighted by Gasteiger charge is 2.70. The van der Waals surface area contributed by atoms with Crippen LogP contribution >= 0.6 is 0 Å². The molecule has 0 spiro atoms. The minimum atomic E-state index is -0.867. The molecule has 5 heteroatoms. The van der Waals surface area contributed by atoms with E-state index in [1.54, 1.807) is 12.1 Å². The van der Waals surface area contributed by atoms with Gasteiger partial charge in [-0.1, -0.05) is 71.4 Å². The van der Waals surface area contributed by atoms with Gasteiger partial charge in [-0.25, -0.2) is 4.79 Å². The summed E-state index contributed by atoms with van der Waals surface area (Å²) in [7, 11) is 0. The first-order valence-electron chi connectivity index (χ1n) is 19.4. The lowest BCUT2D eigenvalue weighted by atomic mass is 9.33.